The minimum absolute atomic E-state index is 0.0512. The molecule has 0 amide bonds. The van der Waals surface area contributed by atoms with Gasteiger partial charge in [0.2, 0.25) is 0 Å². The Kier molecular flexibility index (Phi) is 3.82. The molecule has 13 heavy (non-hydrogen) atoms. The predicted molar refractivity (Wildman–Crippen MR) is 56.4 cm³/mol. The summed E-state index contributed by atoms with van der Waals surface area (Å²) in [5.41, 5.74) is 6.87. The van der Waals surface area contributed by atoms with E-state index in [1.165, 1.54) is 0 Å². The molecule has 0 radical (unpaired) electrons. The van der Waals surface area contributed by atoms with Crippen molar-refractivity contribution in [3.8, 4) is 12.3 Å². The fourth-order valence-electron chi connectivity index (χ4n) is 1.17. The molecular weight excluding hydrogens is 182 g/mol. The Morgan fingerprint density at radius 2 is 2.15 bits per heavy atom. The van der Waals surface area contributed by atoms with Gasteiger partial charge < -0.3 is 5.73 Å². The molecule has 2 N–H and O–H groups in total. The molecule has 0 aliphatic rings. The highest BCUT2D eigenvalue weighted by Crippen LogP contribution is 2.23. The monoisotopic (exact) mass is 193 g/mol. The molecule has 0 spiro atoms. The van der Waals surface area contributed by atoms with Crippen molar-refractivity contribution < 1.29 is 0 Å². The van der Waals surface area contributed by atoms with E-state index in [2.05, 4.69) is 5.92 Å². The fourth-order valence-corrected chi connectivity index (χ4v) is 1.45. The van der Waals surface area contributed by atoms with Crippen molar-refractivity contribution in [1.29, 1.82) is 0 Å². The molecule has 0 fully saturated rings. The molecule has 0 aromatic heterocycles. The lowest BCUT2D eigenvalue weighted by molar-refractivity contribution is 0.668. The molecule has 1 aromatic carbocycles. The van der Waals surface area contributed by atoms with Gasteiger partial charge in [0, 0.05) is 17.5 Å². The Morgan fingerprint density at radius 3 is 2.77 bits per heavy atom. The maximum Gasteiger partial charge on any atom is 0.0453 e. The largest absolute Gasteiger partial charge is 0.324 e. The lowest BCUT2D eigenvalue weighted by Gasteiger charge is -2.11. The minimum atomic E-state index is -0.0512. The highest BCUT2D eigenvalue weighted by molar-refractivity contribution is 6.31. The summed E-state index contributed by atoms with van der Waals surface area (Å²) in [6, 6.07) is 7.54. The molecule has 0 bridgehead atoms. The summed E-state index contributed by atoms with van der Waals surface area (Å²) >= 11 is 5.97. The first kappa shape index (κ1) is 10.1. The zero-order valence-corrected chi connectivity index (χ0v) is 8.09. The van der Waals surface area contributed by atoms with E-state index in [1.54, 1.807) is 0 Å². The SMILES string of the molecule is C#CCCC(N)c1ccccc1Cl. The Morgan fingerprint density at radius 1 is 1.46 bits per heavy atom. The molecule has 0 saturated carbocycles. The molecule has 0 aliphatic carbocycles. The van der Waals surface area contributed by atoms with Crippen LogP contribution in [0.2, 0.25) is 5.02 Å². The average molecular weight is 194 g/mol. The first-order valence-electron chi connectivity index (χ1n) is 4.19. The lowest BCUT2D eigenvalue weighted by atomic mass is 10.0. The van der Waals surface area contributed by atoms with Gasteiger partial charge in [-0.25, -0.2) is 0 Å². The van der Waals surface area contributed by atoms with Gasteiger partial charge in [-0.3, -0.25) is 0 Å². The van der Waals surface area contributed by atoms with Crippen LogP contribution in [0.25, 0.3) is 0 Å². The molecule has 2 heteroatoms. The summed E-state index contributed by atoms with van der Waals surface area (Å²) in [7, 11) is 0. The third kappa shape index (κ3) is 2.77. The van der Waals surface area contributed by atoms with E-state index < -0.39 is 0 Å². The van der Waals surface area contributed by atoms with Gasteiger partial charge in [0.25, 0.3) is 0 Å². The third-order valence-corrected chi connectivity index (χ3v) is 2.25. The maximum atomic E-state index is 5.97. The van der Waals surface area contributed by atoms with Gasteiger partial charge >= 0.3 is 0 Å². The summed E-state index contributed by atoms with van der Waals surface area (Å²) in [5, 5.41) is 0.715. The van der Waals surface area contributed by atoms with Crippen molar-refractivity contribution in [3.05, 3.63) is 34.9 Å². The molecule has 0 aliphatic heterocycles. The van der Waals surface area contributed by atoms with Crippen LogP contribution in [0.1, 0.15) is 24.4 Å². The molecule has 0 heterocycles. The molecule has 1 unspecified atom stereocenters. The average Bonchev–Trinajstić information content (AvgIpc) is 2.15. The van der Waals surface area contributed by atoms with Crippen LogP contribution in [0.4, 0.5) is 0 Å². The molecule has 1 atom stereocenters. The van der Waals surface area contributed by atoms with Crippen LogP contribution in [0, 0.1) is 12.3 Å². The lowest BCUT2D eigenvalue weighted by Crippen LogP contribution is -2.10. The van der Waals surface area contributed by atoms with E-state index >= 15 is 0 Å². The standard InChI is InChI=1S/C11H12ClN/c1-2-3-8-11(13)9-6-4-5-7-10(9)12/h1,4-7,11H,3,8,13H2. The van der Waals surface area contributed by atoms with Gasteiger partial charge in [0.05, 0.1) is 0 Å². The van der Waals surface area contributed by atoms with Gasteiger partial charge in [-0.2, -0.15) is 0 Å². The van der Waals surface area contributed by atoms with Crippen LogP contribution in [0.3, 0.4) is 0 Å². The van der Waals surface area contributed by atoms with Crippen LogP contribution < -0.4 is 5.73 Å². The van der Waals surface area contributed by atoms with Crippen molar-refractivity contribution in [2.45, 2.75) is 18.9 Å². The van der Waals surface area contributed by atoms with E-state index in [1.807, 2.05) is 24.3 Å². The van der Waals surface area contributed by atoms with Crippen molar-refractivity contribution in [2.24, 2.45) is 5.73 Å². The number of benzene rings is 1. The summed E-state index contributed by atoms with van der Waals surface area (Å²) in [4.78, 5) is 0. The topological polar surface area (TPSA) is 26.0 Å². The van der Waals surface area contributed by atoms with Crippen LogP contribution in [0.5, 0.6) is 0 Å². The smallest absolute Gasteiger partial charge is 0.0453 e. The zero-order chi connectivity index (χ0) is 9.68. The Bertz CT molecular complexity index is 314. The number of hydrogen-bond acceptors (Lipinski definition) is 1. The van der Waals surface area contributed by atoms with Gasteiger partial charge in [0.15, 0.2) is 0 Å². The van der Waals surface area contributed by atoms with Crippen molar-refractivity contribution in [2.75, 3.05) is 0 Å². The van der Waals surface area contributed by atoms with Crippen LogP contribution in [-0.2, 0) is 0 Å². The summed E-state index contributed by atoms with van der Waals surface area (Å²) in [6.07, 6.45) is 6.62. The Balaban J connectivity index is 2.72. The number of rotatable bonds is 3. The van der Waals surface area contributed by atoms with E-state index in [0.717, 1.165) is 12.0 Å². The van der Waals surface area contributed by atoms with Gasteiger partial charge in [-0.05, 0) is 18.1 Å². The van der Waals surface area contributed by atoms with E-state index in [0.29, 0.717) is 11.4 Å². The third-order valence-electron chi connectivity index (χ3n) is 1.90. The first-order chi connectivity index (χ1) is 6.25. The summed E-state index contributed by atoms with van der Waals surface area (Å²) in [5.74, 6) is 2.56. The fraction of sp³-hybridized carbons (Fsp3) is 0.273. The second-order valence-corrected chi connectivity index (χ2v) is 3.28. The Labute approximate surface area is 83.9 Å². The van der Waals surface area contributed by atoms with E-state index in [4.69, 9.17) is 23.8 Å². The summed E-state index contributed by atoms with van der Waals surface area (Å²) < 4.78 is 0. The number of hydrogen-bond donors (Lipinski definition) is 1. The van der Waals surface area contributed by atoms with Gasteiger partial charge in [0.1, 0.15) is 0 Å². The van der Waals surface area contributed by atoms with Gasteiger partial charge in [-0.15, -0.1) is 12.3 Å². The maximum absolute atomic E-state index is 5.97. The molecular formula is C11H12ClN. The predicted octanol–water partition coefficient (Wildman–Crippen LogP) is 2.75. The quantitative estimate of drug-likeness (QED) is 0.735. The first-order valence-corrected chi connectivity index (χ1v) is 4.57. The second-order valence-electron chi connectivity index (χ2n) is 2.87. The zero-order valence-electron chi connectivity index (χ0n) is 7.33. The number of terminal acetylenes is 1. The molecule has 0 saturated heterocycles. The molecule has 1 nitrogen and oxygen atoms in total. The van der Waals surface area contributed by atoms with Crippen molar-refractivity contribution in [3.63, 3.8) is 0 Å². The van der Waals surface area contributed by atoms with E-state index in [9.17, 15) is 0 Å². The highest BCUT2D eigenvalue weighted by Gasteiger charge is 2.07. The Hall–Kier alpha value is -0.970. The van der Waals surface area contributed by atoms with Crippen molar-refractivity contribution >= 4 is 11.6 Å². The highest BCUT2D eigenvalue weighted by atomic mass is 35.5. The molecule has 1 rings (SSSR count). The summed E-state index contributed by atoms with van der Waals surface area (Å²) in [6.45, 7) is 0. The number of nitrogens with two attached hydrogens (primary N) is 1. The normalized spacial score (nSPS) is 12.1. The van der Waals surface area contributed by atoms with Crippen LogP contribution >= 0.6 is 11.6 Å². The van der Waals surface area contributed by atoms with Gasteiger partial charge in [-0.1, -0.05) is 29.8 Å². The van der Waals surface area contributed by atoms with Crippen LogP contribution in [0.15, 0.2) is 24.3 Å². The number of halogens is 1. The molecule has 68 valence electrons. The second kappa shape index (κ2) is 4.91. The van der Waals surface area contributed by atoms with Crippen LogP contribution in [-0.4, -0.2) is 0 Å². The molecule has 1 aromatic rings. The van der Waals surface area contributed by atoms with Crippen molar-refractivity contribution in [1.82, 2.24) is 0 Å². The van der Waals surface area contributed by atoms with E-state index in [-0.39, 0.29) is 6.04 Å². The minimum Gasteiger partial charge on any atom is -0.324 e.